The highest BCUT2D eigenvalue weighted by Crippen LogP contribution is 1.90. The first-order valence-corrected chi connectivity index (χ1v) is 6.22. The Morgan fingerprint density at radius 2 is 2.00 bits per heavy atom. The molecule has 0 aromatic heterocycles. The maximum Gasteiger partial charge on any atom is 0.330 e. The topological polar surface area (TPSA) is 80.7 Å². The van der Waals surface area contributed by atoms with E-state index in [1.165, 1.54) is 0 Å². The van der Waals surface area contributed by atoms with Gasteiger partial charge in [0.25, 0.3) is 10.1 Å². The lowest BCUT2D eigenvalue weighted by atomic mass is 10.4. The molecule has 0 amide bonds. The average molecular weight is 238 g/mol. The molecule has 0 saturated heterocycles. The van der Waals surface area contributed by atoms with Gasteiger partial charge < -0.3 is 4.74 Å². The highest BCUT2D eigenvalue weighted by Gasteiger charge is 2.00. The molecular weight excluding hydrogens is 220 g/mol. The summed E-state index contributed by atoms with van der Waals surface area (Å²) in [4.78, 5) is 10.1. The minimum atomic E-state index is -3.69. The van der Waals surface area contributed by atoms with Gasteiger partial charge in [0.05, 0.1) is 12.4 Å². The first-order valence-electron chi connectivity index (χ1n) is 4.61. The van der Waals surface area contributed by atoms with Gasteiger partial charge in [-0.3, -0.25) is 4.55 Å². The van der Waals surface area contributed by atoms with Gasteiger partial charge in [0, 0.05) is 6.08 Å². The lowest BCUT2D eigenvalue weighted by Gasteiger charge is -1.90. The molecule has 0 bridgehead atoms. The van der Waals surface area contributed by atoms with Crippen LogP contribution in [0.5, 0.6) is 0 Å². The van der Waals surface area contributed by atoms with Crippen LogP contribution in [0.2, 0.25) is 0 Å². The van der Waals surface area contributed by atoms with Crippen LogP contribution in [-0.4, -0.2) is 31.3 Å². The van der Waals surface area contributed by atoms with Crippen LogP contribution in [-0.2, 0) is 19.6 Å². The van der Waals surface area contributed by atoms with Crippen molar-refractivity contribution in [2.45, 2.75) is 26.7 Å². The Bertz CT molecular complexity index is 268. The summed E-state index contributed by atoms with van der Waals surface area (Å²) in [5, 5.41) is 0. The van der Waals surface area contributed by atoms with Gasteiger partial charge in [-0.1, -0.05) is 19.9 Å². The maximum absolute atomic E-state index is 10.1. The Labute approximate surface area is 90.9 Å². The lowest BCUT2D eigenvalue weighted by Crippen LogP contribution is -2.02. The van der Waals surface area contributed by atoms with Gasteiger partial charge in [0.2, 0.25) is 0 Å². The van der Waals surface area contributed by atoms with Crippen LogP contribution < -0.4 is 0 Å². The second-order valence-corrected chi connectivity index (χ2v) is 4.17. The fraction of sp³-hybridized carbons (Fsp3) is 0.667. The molecule has 0 fully saturated rings. The van der Waals surface area contributed by atoms with Gasteiger partial charge >= 0.3 is 5.97 Å². The molecule has 0 aliphatic heterocycles. The third-order valence-corrected chi connectivity index (χ3v) is 2.01. The Hall–Kier alpha value is -0.880. The normalized spacial score (nSPS) is 9.80. The van der Waals surface area contributed by atoms with Crippen LogP contribution in [0, 0.1) is 0 Å². The Morgan fingerprint density at radius 3 is 2.13 bits per heavy atom. The van der Waals surface area contributed by atoms with Crippen LogP contribution in [0.4, 0.5) is 0 Å². The van der Waals surface area contributed by atoms with Crippen LogP contribution >= 0.6 is 0 Å². The zero-order chi connectivity index (χ0) is 12.3. The van der Waals surface area contributed by atoms with Crippen LogP contribution in [0.25, 0.3) is 0 Å². The molecule has 0 aliphatic rings. The van der Waals surface area contributed by atoms with Crippen molar-refractivity contribution in [3.05, 3.63) is 12.7 Å². The van der Waals surface area contributed by atoms with Gasteiger partial charge in [-0.25, -0.2) is 4.79 Å². The summed E-state index contributed by atoms with van der Waals surface area (Å²) in [6, 6.07) is 0. The first kappa shape index (κ1) is 16.5. The summed E-state index contributed by atoms with van der Waals surface area (Å²) < 4.78 is 32.4. The third kappa shape index (κ3) is 19.5. The van der Waals surface area contributed by atoms with Crippen molar-refractivity contribution in [1.29, 1.82) is 0 Å². The molecule has 15 heavy (non-hydrogen) atoms. The molecule has 0 atom stereocenters. The molecule has 1 N–H and O–H groups in total. The monoisotopic (exact) mass is 238 g/mol. The number of hydrogen-bond acceptors (Lipinski definition) is 4. The van der Waals surface area contributed by atoms with Crippen LogP contribution in [0.3, 0.4) is 0 Å². The highest BCUT2D eigenvalue weighted by molar-refractivity contribution is 7.85. The van der Waals surface area contributed by atoms with Crippen molar-refractivity contribution < 1.29 is 22.5 Å². The number of carbonyl (C=O) groups is 1. The zero-order valence-electron chi connectivity index (χ0n) is 9.10. The fourth-order valence-corrected chi connectivity index (χ4v) is 1.18. The summed E-state index contributed by atoms with van der Waals surface area (Å²) in [6.07, 6.45) is 2.47. The first-order chi connectivity index (χ1) is 6.87. The average Bonchev–Trinajstić information content (AvgIpc) is 2.15. The summed E-state index contributed by atoms with van der Waals surface area (Å²) in [5.41, 5.74) is 0. The van der Waals surface area contributed by atoms with Crippen molar-refractivity contribution in [3.8, 4) is 0 Å². The summed E-state index contributed by atoms with van der Waals surface area (Å²) in [7, 11) is -3.69. The Kier molecular flexibility index (Phi) is 10.7. The predicted molar refractivity (Wildman–Crippen MR) is 58.2 cm³/mol. The molecule has 0 aromatic rings. The van der Waals surface area contributed by atoms with Gasteiger partial charge in [-0.15, -0.1) is 0 Å². The molecule has 0 aromatic carbocycles. The molecule has 5 nitrogen and oxygen atoms in total. The number of esters is 1. The number of carbonyl (C=O) groups excluding carboxylic acids is 1. The van der Waals surface area contributed by atoms with Crippen molar-refractivity contribution >= 4 is 16.1 Å². The summed E-state index contributed by atoms with van der Waals surface area (Å²) in [6.45, 7) is 7.24. The van der Waals surface area contributed by atoms with Gasteiger partial charge in [-0.05, 0) is 13.3 Å². The molecule has 90 valence electrons. The van der Waals surface area contributed by atoms with Crippen molar-refractivity contribution in [1.82, 2.24) is 0 Å². The molecular formula is C9H18O5S. The molecule has 0 rings (SSSR count). The second-order valence-electron chi connectivity index (χ2n) is 2.60. The number of hydrogen-bond donors (Lipinski definition) is 1. The Morgan fingerprint density at radius 1 is 1.47 bits per heavy atom. The van der Waals surface area contributed by atoms with E-state index in [0.717, 1.165) is 12.5 Å². The minimum absolute atomic E-state index is 0.108. The van der Waals surface area contributed by atoms with E-state index in [2.05, 4.69) is 11.3 Å². The van der Waals surface area contributed by atoms with Gasteiger partial charge in [0.1, 0.15) is 0 Å². The van der Waals surface area contributed by atoms with Crippen molar-refractivity contribution in [3.63, 3.8) is 0 Å². The largest absolute Gasteiger partial charge is 0.463 e. The molecule has 0 radical (unpaired) electrons. The smallest absolute Gasteiger partial charge is 0.330 e. The minimum Gasteiger partial charge on any atom is -0.463 e. The van der Waals surface area contributed by atoms with E-state index in [4.69, 9.17) is 4.55 Å². The SMILES string of the molecule is C=CC(=O)OCC.CCCCS(=O)(=O)O. The summed E-state index contributed by atoms with van der Waals surface area (Å²) >= 11 is 0. The molecule has 0 spiro atoms. The quantitative estimate of drug-likeness (QED) is 0.445. The predicted octanol–water partition coefficient (Wildman–Crippen LogP) is 1.41. The molecule has 0 saturated carbocycles. The van der Waals surface area contributed by atoms with Crippen molar-refractivity contribution in [2.75, 3.05) is 12.4 Å². The second kappa shape index (κ2) is 9.67. The molecule has 0 aliphatic carbocycles. The van der Waals surface area contributed by atoms with E-state index in [-0.39, 0.29) is 11.7 Å². The van der Waals surface area contributed by atoms with E-state index >= 15 is 0 Å². The standard InChI is InChI=1S/C5H8O2.C4H10O3S/c1-3-5(6)7-4-2;1-2-3-4-8(5,6)7/h3H,1,4H2,2H3;2-4H2,1H3,(H,5,6,7). The molecule has 0 heterocycles. The van der Waals surface area contributed by atoms with Gasteiger partial charge in [-0.2, -0.15) is 8.42 Å². The van der Waals surface area contributed by atoms with E-state index in [1.54, 1.807) is 6.92 Å². The van der Waals surface area contributed by atoms with E-state index < -0.39 is 10.1 Å². The summed E-state index contributed by atoms with van der Waals surface area (Å²) in [5.74, 6) is -0.466. The molecule has 6 heteroatoms. The fourth-order valence-electron chi connectivity index (χ4n) is 0.528. The van der Waals surface area contributed by atoms with E-state index in [0.29, 0.717) is 13.0 Å². The van der Waals surface area contributed by atoms with Crippen LogP contribution in [0.15, 0.2) is 12.7 Å². The zero-order valence-corrected chi connectivity index (χ0v) is 9.92. The number of rotatable bonds is 5. The Balaban J connectivity index is 0. The number of unbranched alkanes of at least 4 members (excludes halogenated alkanes) is 1. The van der Waals surface area contributed by atoms with E-state index in [1.807, 2.05) is 6.92 Å². The highest BCUT2D eigenvalue weighted by atomic mass is 32.2. The van der Waals surface area contributed by atoms with E-state index in [9.17, 15) is 13.2 Å². The van der Waals surface area contributed by atoms with Crippen molar-refractivity contribution in [2.24, 2.45) is 0 Å². The maximum atomic E-state index is 10.1. The molecule has 0 unspecified atom stereocenters. The third-order valence-electron chi connectivity index (χ3n) is 1.21. The number of ether oxygens (including phenoxy) is 1. The van der Waals surface area contributed by atoms with Crippen LogP contribution in [0.1, 0.15) is 26.7 Å². The van der Waals surface area contributed by atoms with Gasteiger partial charge in [0.15, 0.2) is 0 Å². The lowest BCUT2D eigenvalue weighted by molar-refractivity contribution is -0.137.